The molecule has 3 aromatic rings. The number of hydrogen-bond acceptors (Lipinski definition) is 5. The van der Waals surface area contributed by atoms with E-state index in [2.05, 4.69) is 10.3 Å². The molecule has 0 aliphatic heterocycles. The molecule has 2 aromatic carbocycles. The van der Waals surface area contributed by atoms with E-state index in [0.29, 0.717) is 34.4 Å². The number of ether oxygens (including phenoxy) is 2. The lowest BCUT2D eigenvalue weighted by Crippen LogP contribution is -2.12. The van der Waals surface area contributed by atoms with Crippen LogP contribution in [0.25, 0.3) is 0 Å². The summed E-state index contributed by atoms with van der Waals surface area (Å²) in [7, 11) is 1.53. The predicted molar refractivity (Wildman–Crippen MR) is 104 cm³/mol. The lowest BCUT2D eigenvalue weighted by molar-refractivity contribution is 0.102. The number of halogens is 1. The van der Waals surface area contributed by atoms with Gasteiger partial charge in [0, 0.05) is 22.0 Å². The molecule has 0 saturated carbocycles. The monoisotopic (exact) mass is 388 g/mol. The molecule has 5 nitrogen and oxygen atoms in total. The number of amides is 1. The Bertz CT molecular complexity index is 896. The van der Waals surface area contributed by atoms with Crippen LogP contribution in [0.15, 0.2) is 47.3 Å². The Morgan fingerprint density at radius 1 is 1.27 bits per heavy atom. The van der Waals surface area contributed by atoms with Crippen LogP contribution in [-0.4, -0.2) is 18.0 Å². The zero-order valence-corrected chi connectivity index (χ0v) is 15.9. The molecule has 0 saturated heterocycles. The molecular formula is C19H17ClN2O3S. The van der Waals surface area contributed by atoms with E-state index in [9.17, 15) is 4.79 Å². The zero-order valence-electron chi connectivity index (χ0n) is 14.3. The van der Waals surface area contributed by atoms with E-state index in [4.69, 9.17) is 21.1 Å². The van der Waals surface area contributed by atoms with E-state index in [1.807, 2.05) is 12.3 Å². The Kier molecular flexibility index (Phi) is 5.75. The molecule has 1 aromatic heterocycles. The van der Waals surface area contributed by atoms with E-state index < -0.39 is 0 Å². The predicted octanol–water partition coefficient (Wildman–Crippen LogP) is 4.94. The van der Waals surface area contributed by atoms with Crippen molar-refractivity contribution in [2.45, 2.75) is 13.5 Å². The minimum atomic E-state index is -0.240. The Morgan fingerprint density at radius 3 is 2.69 bits per heavy atom. The summed E-state index contributed by atoms with van der Waals surface area (Å²) in [6.07, 6.45) is 0. The van der Waals surface area contributed by atoms with Gasteiger partial charge in [-0.1, -0.05) is 11.6 Å². The fourth-order valence-corrected chi connectivity index (χ4v) is 2.99. The summed E-state index contributed by atoms with van der Waals surface area (Å²) >= 11 is 7.62. The second-order valence-electron chi connectivity index (χ2n) is 5.55. The Morgan fingerprint density at radius 2 is 2.04 bits per heavy atom. The molecule has 26 heavy (non-hydrogen) atoms. The highest BCUT2D eigenvalue weighted by molar-refractivity contribution is 7.07. The van der Waals surface area contributed by atoms with Crippen LogP contribution in [0.3, 0.4) is 0 Å². The van der Waals surface area contributed by atoms with Crippen molar-refractivity contribution in [3.63, 3.8) is 0 Å². The van der Waals surface area contributed by atoms with Crippen LogP contribution in [0, 0.1) is 6.92 Å². The van der Waals surface area contributed by atoms with Gasteiger partial charge in [-0.25, -0.2) is 4.98 Å². The average Bonchev–Trinajstić information content (AvgIpc) is 3.17. The van der Waals surface area contributed by atoms with E-state index in [0.717, 1.165) is 11.3 Å². The summed E-state index contributed by atoms with van der Waals surface area (Å²) < 4.78 is 10.9. The molecule has 0 aliphatic rings. The molecule has 1 N–H and O–H groups in total. The van der Waals surface area contributed by atoms with E-state index >= 15 is 0 Å². The van der Waals surface area contributed by atoms with Gasteiger partial charge in [-0.15, -0.1) is 11.3 Å². The minimum absolute atomic E-state index is 0.240. The zero-order chi connectivity index (χ0) is 18.5. The fourth-order valence-electron chi connectivity index (χ4n) is 2.29. The maximum Gasteiger partial charge on any atom is 0.255 e. The van der Waals surface area contributed by atoms with E-state index in [1.54, 1.807) is 41.9 Å². The first-order valence-electron chi connectivity index (χ1n) is 7.82. The summed E-state index contributed by atoms with van der Waals surface area (Å²) in [6.45, 7) is 2.27. The molecule has 7 heteroatoms. The van der Waals surface area contributed by atoms with Crippen LogP contribution < -0.4 is 14.8 Å². The van der Waals surface area contributed by atoms with Gasteiger partial charge >= 0.3 is 0 Å². The standard InChI is InChI=1S/C19H17ClN2O3S/c1-12-7-17(18(24-2)8-16(12)20)22-19(23)13-3-5-15(6-4-13)25-9-14-10-26-11-21-14/h3-8,10-11H,9H2,1-2H3,(H,22,23). The number of carbonyl (C=O) groups excluding carboxylic acids is 1. The van der Waals surface area contributed by atoms with Gasteiger partial charge < -0.3 is 14.8 Å². The number of hydrogen-bond donors (Lipinski definition) is 1. The molecule has 0 atom stereocenters. The van der Waals surface area contributed by atoms with Crippen molar-refractivity contribution < 1.29 is 14.3 Å². The highest BCUT2D eigenvalue weighted by atomic mass is 35.5. The first kappa shape index (κ1) is 18.2. The molecule has 0 unspecified atom stereocenters. The number of nitrogens with one attached hydrogen (secondary N) is 1. The van der Waals surface area contributed by atoms with Gasteiger partial charge in [0.1, 0.15) is 18.1 Å². The maximum atomic E-state index is 12.5. The second kappa shape index (κ2) is 8.21. The molecule has 3 rings (SSSR count). The summed E-state index contributed by atoms with van der Waals surface area (Å²) in [5.74, 6) is 0.947. The molecular weight excluding hydrogens is 372 g/mol. The molecule has 0 bridgehead atoms. The number of benzene rings is 2. The lowest BCUT2D eigenvalue weighted by Gasteiger charge is -2.12. The van der Waals surface area contributed by atoms with Crippen molar-refractivity contribution in [3.05, 3.63) is 69.1 Å². The first-order chi connectivity index (χ1) is 12.6. The topological polar surface area (TPSA) is 60.5 Å². The van der Waals surface area contributed by atoms with Crippen LogP contribution >= 0.6 is 22.9 Å². The van der Waals surface area contributed by atoms with Crippen LogP contribution in [-0.2, 0) is 6.61 Å². The van der Waals surface area contributed by atoms with Gasteiger partial charge in [0.2, 0.25) is 0 Å². The minimum Gasteiger partial charge on any atom is -0.495 e. The van der Waals surface area contributed by atoms with E-state index in [-0.39, 0.29) is 5.91 Å². The highest BCUT2D eigenvalue weighted by Crippen LogP contribution is 2.31. The van der Waals surface area contributed by atoms with Crippen LogP contribution in [0.5, 0.6) is 11.5 Å². The first-order valence-corrected chi connectivity index (χ1v) is 9.14. The number of carbonyl (C=O) groups is 1. The third kappa shape index (κ3) is 4.33. The SMILES string of the molecule is COc1cc(Cl)c(C)cc1NC(=O)c1ccc(OCc2cscn2)cc1. The average molecular weight is 389 g/mol. The number of anilines is 1. The summed E-state index contributed by atoms with van der Waals surface area (Å²) in [5, 5.41) is 5.37. The van der Waals surface area contributed by atoms with Crippen molar-refractivity contribution in [1.29, 1.82) is 0 Å². The lowest BCUT2D eigenvalue weighted by atomic mass is 10.1. The molecule has 0 aliphatic carbocycles. The second-order valence-corrected chi connectivity index (χ2v) is 6.67. The molecule has 134 valence electrons. The molecule has 0 radical (unpaired) electrons. The van der Waals surface area contributed by atoms with Gasteiger partial charge in [0.15, 0.2) is 0 Å². The number of rotatable bonds is 6. The van der Waals surface area contributed by atoms with Gasteiger partial charge in [0.25, 0.3) is 5.91 Å². The Balaban J connectivity index is 1.67. The third-order valence-electron chi connectivity index (χ3n) is 3.72. The largest absolute Gasteiger partial charge is 0.495 e. The number of aryl methyl sites for hydroxylation is 1. The van der Waals surface area contributed by atoms with E-state index in [1.165, 1.54) is 18.4 Å². The Labute approximate surface area is 160 Å². The van der Waals surface area contributed by atoms with Crippen molar-refractivity contribution in [2.24, 2.45) is 0 Å². The van der Waals surface area contributed by atoms with Gasteiger partial charge in [0.05, 0.1) is 24.0 Å². The quantitative estimate of drug-likeness (QED) is 0.649. The molecule has 0 fully saturated rings. The van der Waals surface area contributed by atoms with Crippen LogP contribution in [0.2, 0.25) is 5.02 Å². The van der Waals surface area contributed by atoms with Crippen molar-refractivity contribution >= 4 is 34.5 Å². The van der Waals surface area contributed by atoms with Gasteiger partial charge in [-0.05, 0) is 42.8 Å². The van der Waals surface area contributed by atoms with Crippen LogP contribution in [0.1, 0.15) is 21.6 Å². The molecule has 1 heterocycles. The van der Waals surface area contributed by atoms with Crippen molar-refractivity contribution in [3.8, 4) is 11.5 Å². The third-order valence-corrected chi connectivity index (χ3v) is 4.76. The smallest absolute Gasteiger partial charge is 0.255 e. The Hall–Kier alpha value is -2.57. The van der Waals surface area contributed by atoms with Crippen molar-refractivity contribution in [1.82, 2.24) is 4.98 Å². The number of methoxy groups -OCH3 is 1. The number of aromatic nitrogens is 1. The summed E-state index contributed by atoms with van der Waals surface area (Å²) in [4.78, 5) is 16.6. The number of thiazole rings is 1. The summed E-state index contributed by atoms with van der Waals surface area (Å²) in [5.41, 5.74) is 4.58. The normalized spacial score (nSPS) is 10.4. The maximum absolute atomic E-state index is 12.5. The van der Waals surface area contributed by atoms with Gasteiger partial charge in [-0.3, -0.25) is 4.79 Å². The van der Waals surface area contributed by atoms with Crippen LogP contribution in [0.4, 0.5) is 5.69 Å². The molecule has 1 amide bonds. The fraction of sp³-hybridized carbons (Fsp3) is 0.158. The molecule has 0 spiro atoms. The van der Waals surface area contributed by atoms with Crippen molar-refractivity contribution in [2.75, 3.05) is 12.4 Å². The highest BCUT2D eigenvalue weighted by Gasteiger charge is 2.12. The van der Waals surface area contributed by atoms with Gasteiger partial charge in [-0.2, -0.15) is 0 Å². The number of nitrogens with zero attached hydrogens (tertiary/aromatic N) is 1. The summed E-state index contributed by atoms with van der Waals surface area (Å²) in [6, 6.07) is 10.4.